The summed E-state index contributed by atoms with van der Waals surface area (Å²) in [5.74, 6) is 0.686. The van der Waals surface area contributed by atoms with Crippen molar-refractivity contribution < 1.29 is 19.4 Å². The van der Waals surface area contributed by atoms with Gasteiger partial charge in [0.25, 0.3) is 0 Å². The summed E-state index contributed by atoms with van der Waals surface area (Å²) in [6.07, 6.45) is -1.09. The van der Waals surface area contributed by atoms with E-state index in [1.807, 2.05) is 0 Å². The van der Waals surface area contributed by atoms with Gasteiger partial charge in [-0.25, -0.2) is 4.79 Å². The van der Waals surface area contributed by atoms with Gasteiger partial charge in [-0.15, -0.1) is 0 Å². The third-order valence-corrected chi connectivity index (χ3v) is 2.72. The van der Waals surface area contributed by atoms with Gasteiger partial charge in [0, 0.05) is 0 Å². The van der Waals surface area contributed by atoms with Gasteiger partial charge >= 0.3 is 6.09 Å². The molecule has 92 valence electrons. The predicted octanol–water partition coefficient (Wildman–Crippen LogP) is 1.18. The van der Waals surface area contributed by atoms with Gasteiger partial charge < -0.3 is 19.5 Å². The smallest absolute Gasteiger partial charge is 0.410 e. The molecule has 1 aromatic carbocycles. The molecule has 17 heavy (non-hydrogen) atoms. The van der Waals surface area contributed by atoms with E-state index in [2.05, 4.69) is 0 Å². The molecule has 1 amide bonds. The Morgan fingerprint density at radius 2 is 2.41 bits per heavy atom. The zero-order valence-corrected chi connectivity index (χ0v) is 9.63. The number of methoxy groups -OCH3 is 1. The molecule has 2 rings (SSSR count). The van der Waals surface area contributed by atoms with E-state index >= 15 is 0 Å². The van der Waals surface area contributed by atoms with Crippen molar-refractivity contribution in [3.8, 4) is 5.75 Å². The van der Waals surface area contributed by atoms with Crippen LogP contribution in [0.5, 0.6) is 5.75 Å². The monoisotopic (exact) mass is 237 g/mol. The summed E-state index contributed by atoms with van der Waals surface area (Å²) in [5, 5.41) is 10.0. The lowest BCUT2D eigenvalue weighted by Crippen LogP contribution is -2.29. The average Bonchev–Trinajstić information content (AvgIpc) is 2.75. The maximum Gasteiger partial charge on any atom is 0.410 e. The molecule has 5 heteroatoms. The lowest BCUT2D eigenvalue weighted by Gasteiger charge is -2.18. The number of aliphatic hydroxyl groups excluding tert-OH is 1. The van der Waals surface area contributed by atoms with E-state index in [0.717, 1.165) is 5.56 Å². The minimum Gasteiger partial charge on any atom is -0.497 e. The van der Waals surface area contributed by atoms with Gasteiger partial charge in [-0.2, -0.15) is 0 Å². The van der Waals surface area contributed by atoms with E-state index in [0.29, 0.717) is 18.9 Å². The summed E-state index contributed by atoms with van der Waals surface area (Å²) in [7, 11) is 1.57. The molecular weight excluding hydrogens is 222 g/mol. The highest BCUT2D eigenvalue weighted by molar-refractivity contribution is 5.69. The number of aliphatic hydroxyl groups is 1. The Balaban J connectivity index is 2.03. The van der Waals surface area contributed by atoms with Crippen LogP contribution in [0.3, 0.4) is 0 Å². The minimum absolute atomic E-state index is 0.242. The molecule has 1 unspecified atom stereocenters. The number of carbonyl (C=O) groups excluding carboxylic acids is 1. The van der Waals surface area contributed by atoms with Gasteiger partial charge in [0.15, 0.2) is 0 Å². The Morgan fingerprint density at radius 3 is 3.06 bits per heavy atom. The molecule has 5 nitrogen and oxygen atoms in total. The van der Waals surface area contributed by atoms with E-state index in [1.54, 1.807) is 31.4 Å². The molecule has 1 heterocycles. The SMILES string of the molecule is COc1cccc(C(O)CN2CCOC2=O)c1. The van der Waals surface area contributed by atoms with E-state index < -0.39 is 6.10 Å². The van der Waals surface area contributed by atoms with E-state index in [1.165, 1.54) is 4.90 Å². The van der Waals surface area contributed by atoms with E-state index in [4.69, 9.17) is 9.47 Å². The molecule has 0 aromatic heterocycles. The van der Waals surface area contributed by atoms with Crippen LogP contribution in [-0.4, -0.2) is 42.9 Å². The van der Waals surface area contributed by atoms with Crippen LogP contribution in [0.25, 0.3) is 0 Å². The van der Waals surface area contributed by atoms with E-state index in [-0.39, 0.29) is 12.6 Å². The zero-order valence-electron chi connectivity index (χ0n) is 9.63. The Labute approximate surface area is 99.6 Å². The number of β-amino-alcohol motifs (C(OH)–C–C–N with tert-alkyl or cyclic N) is 1. The van der Waals surface area contributed by atoms with Crippen LogP contribution in [-0.2, 0) is 4.74 Å². The summed E-state index contributed by atoms with van der Waals surface area (Å²) < 4.78 is 9.88. The number of rotatable bonds is 4. The maximum absolute atomic E-state index is 11.2. The van der Waals surface area contributed by atoms with Crippen molar-refractivity contribution in [1.82, 2.24) is 4.90 Å². The van der Waals surface area contributed by atoms with Crippen molar-refractivity contribution in [3.05, 3.63) is 29.8 Å². The number of nitrogens with zero attached hydrogens (tertiary/aromatic N) is 1. The summed E-state index contributed by atoms with van der Waals surface area (Å²) in [5.41, 5.74) is 0.726. The molecule has 0 radical (unpaired) electrons. The van der Waals surface area contributed by atoms with Crippen LogP contribution in [0.2, 0.25) is 0 Å². The van der Waals surface area contributed by atoms with Gasteiger partial charge in [0.1, 0.15) is 12.4 Å². The van der Waals surface area contributed by atoms with Gasteiger partial charge in [-0.1, -0.05) is 12.1 Å². The minimum atomic E-state index is -0.726. The van der Waals surface area contributed by atoms with Crippen molar-refractivity contribution in [2.24, 2.45) is 0 Å². The molecule has 1 aliphatic heterocycles. The molecule has 0 bridgehead atoms. The zero-order chi connectivity index (χ0) is 12.3. The number of ether oxygens (including phenoxy) is 2. The number of benzene rings is 1. The Kier molecular flexibility index (Phi) is 3.49. The molecule has 1 atom stereocenters. The summed E-state index contributed by atoms with van der Waals surface area (Å²) >= 11 is 0. The average molecular weight is 237 g/mol. The highest BCUT2D eigenvalue weighted by Crippen LogP contribution is 2.20. The highest BCUT2D eigenvalue weighted by Gasteiger charge is 2.24. The Hall–Kier alpha value is -1.75. The van der Waals surface area contributed by atoms with Crippen LogP contribution in [0.1, 0.15) is 11.7 Å². The van der Waals surface area contributed by atoms with Gasteiger partial charge in [-0.05, 0) is 17.7 Å². The maximum atomic E-state index is 11.2. The fourth-order valence-electron chi connectivity index (χ4n) is 1.75. The Bertz CT molecular complexity index is 407. The van der Waals surface area contributed by atoms with Gasteiger partial charge in [-0.3, -0.25) is 0 Å². The normalized spacial score (nSPS) is 16.8. The van der Waals surface area contributed by atoms with E-state index in [9.17, 15) is 9.90 Å². The molecule has 0 aliphatic carbocycles. The van der Waals surface area contributed by atoms with Crippen molar-refractivity contribution in [2.45, 2.75) is 6.10 Å². The van der Waals surface area contributed by atoms with Gasteiger partial charge in [0.2, 0.25) is 0 Å². The highest BCUT2D eigenvalue weighted by atomic mass is 16.6. The lowest BCUT2D eigenvalue weighted by atomic mass is 10.1. The molecule has 1 aliphatic rings. The first kappa shape index (κ1) is 11.7. The molecule has 1 saturated heterocycles. The van der Waals surface area contributed by atoms with Crippen molar-refractivity contribution in [1.29, 1.82) is 0 Å². The first-order valence-electron chi connectivity index (χ1n) is 5.44. The van der Waals surface area contributed by atoms with Crippen LogP contribution in [0.15, 0.2) is 24.3 Å². The standard InChI is InChI=1S/C12H15NO4/c1-16-10-4-2-3-9(7-10)11(14)8-13-5-6-17-12(13)15/h2-4,7,11,14H,5-6,8H2,1H3. The lowest BCUT2D eigenvalue weighted by molar-refractivity contribution is 0.118. The third kappa shape index (κ3) is 2.68. The second-order valence-corrected chi connectivity index (χ2v) is 3.85. The van der Waals surface area contributed by atoms with Crippen LogP contribution >= 0.6 is 0 Å². The van der Waals surface area contributed by atoms with Gasteiger partial charge in [0.05, 0.1) is 26.3 Å². The molecular formula is C12H15NO4. The fraction of sp³-hybridized carbons (Fsp3) is 0.417. The number of cyclic esters (lactones) is 1. The fourth-order valence-corrected chi connectivity index (χ4v) is 1.75. The molecule has 0 saturated carbocycles. The number of amides is 1. The summed E-state index contributed by atoms with van der Waals surface area (Å²) in [6.45, 7) is 1.16. The molecule has 0 spiro atoms. The second-order valence-electron chi connectivity index (χ2n) is 3.85. The van der Waals surface area contributed by atoms with Crippen LogP contribution < -0.4 is 4.74 Å². The van der Waals surface area contributed by atoms with Crippen molar-refractivity contribution in [3.63, 3.8) is 0 Å². The Morgan fingerprint density at radius 1 is 1.59 bits per heavy atom. The largest absolute Gasteiger partial charge is 0.497 e. The van der Waals surface area contributed by atoms with Crippen LogP contribution in [0, 0.1) is 0 Å². The second kappa shape index (κ2) is 5.05. The number of hydrogen-bond acceptors (Lipinski definition) is 4. The number of hydrogen-bond donors (Lipinski definition) is 1. The van der Waals surface area contributed by atoms with Crippen LogP contribution in [0.4, 0.5) is 4.79 Å². The quantitative estimate of drug-likeness (QED) is 0.854. The molecule has 1 aromatic rings. The topological polar surface area (TPSA) is 59.0 Å². The summed E-state index contributed by atoms with van der Waals surface area (Å²) in [4.78, 5) is 12.7. The summed E-state index contributed by atoms with van der Waals surface area (Å²) in [6, 6.07) is 7.17. The molecule has 1 fully saturated rings. The third-order valence-electron chi connectivity index (χ3n) is 2.72. The van der Waals surface area contributed by atoms with Crippen molar-refractivity contribution in [2.75, 3.05) is 26.8 Å². The predicted molar refractivity (Wildman–Crippen MR) is 60.9 cm³/mol. The first-order valence-corrected chi connectivity index (χ1v) is 5.44. The van der Waals surface area contributed by atoms with Crippen molar-refractivity contribution >= 4 is 6.09 Å². The first-order chi connectivity index (χ1) is 8.20. The molecule has 1 N–H and O–H groups in total. The number of carbonyl (C=O) groups is 1.